The number of anilines is 1. The Hall–Kier alpha value is -3.06. The second kappa shape index (κ2) is 11.1. The smallest absolute Gasteiger partial charge is 0.260 e. The maximum atomic E-state index is 13.8. The predicted molar refractivity (Wildman–Crippen MR) is 144 cm³/mol. The average molecular weight is 486 g/mol. The quantitative estimate of drug-likeness (QED) is 0.312. The van der Waals surface area contributed by atoms with Crippen molar-refractivity contribution in [2.45, 2.75) is 19.8 Å². The van der Waals surface area contributed by atoms with Gasteiger partial charge in [0.15, 0.2) is 5.13 Å². The molecule has 4 aromatic rings. The van der Waals surface area contributed by atoms with Gasteiger partial charge < -0.3 is 4.74 Å². The minimum absolute atomic E-state index is 0.00342. The zero-order valence-corrected chi connectivity index (χ0v) is 21.0. The molecule has 5 nitrogen and oxygen atoms in total. The van der Waals surface area contributed by atoms with Crippen molar-refractivity contribution >= 4 is 32.6 Å². The number of carbonyl (C=O) groups is 1. The van der Waals surface area contributed by atoms with E-state index >= 15 is 0 Å². The van der Waals surface area contributed by atoms with Crippen molar-refractivity contribution in [1.82, 2.24) is 9.88 Å². The lowest BCUT2D eigenvalue weighted by Gasteiger charge is -2.27. The third kappa shape index (κ3) is 5.45. The maximum Gasteiger partial charge on any atom is 0.260 e. The summed E-state index contributed by atoms with van der Waals surface area (Å²) in [6.45, 7) is 7.21. The first-order chi connectivity index (χ1) is 17.2. The molecule has 6 heteroatoms. The minimum Gasteiger partial charge on any atom is -0.379 e. The van der Waals surface area contributed by atoms with E-state index in [1.54, 1.807) is 11.3 Å². The molecule has 1 aliphatic heterocycles. The highest BCUT2D eigenvalue weighted by Crippen LogP contribution is 2.32. The van der Waals surface area contributed by atoms with Crippen LogP contribution in [0.15, 0.2) is 72.8 Å². The molecule has 0 N–H and O–H groups in total. The van der Waals surface area contributed by atoms with Gasteiger partial charge in [-0.2, -0.15) is 0 Å². The van der Waals surface area contributed by atoms with Crippen LogP contribution >= 0.6 is 11.3 Å². The topological polar surface area (TPSA) is 45.7 Å². The first-order valence-electron chi connectivity index (χ1n) is 12.4. The van der Waals surface area contributed by atoms with E-state index in [1.807, 2.05) is 47.4 Å². The molecular formula is C29H31N3O2S. The van der Waals surface area contributed by atoms with E-state index in [4.69, 9.17) is 9.72 Å². The monoisotopic (exact) mass is 485 g/mol. The fourth-order valence-electron chi connectivity index (χ4n) is 4.55. The van der Waals surface area contributed by atoms with Crippen molar-refractivity contribution in [2.24, 2.45) is 0 Å². The van der Waals surface area contributed by atoms with E-state index < -0.39 is 0 Å². The lowest BCUT2D eigenvalue weighted by atomic mass is 10.0. The Morgan fingerprint density at radius 1 is 0.971 bits per heavy atom. The lowest BCUT2D eigenvalue weighted by molar-refractivity contribution is 0.0376. The second-order valence-electron chi connectivity index (χ2n) is 8.82. The van der Waals surface area contributed by atoms with E-state index in [2.05, 4.69) is 42.2 Å². The van der Waals surface area contributed by atoms with Crippen LogP contribution in [0.3, 0.4) is 0 Å². The van der Waals surface area contributed by atoms with Gasteiger partial charge in [-0.15, -0.1) is 0 Å². The zero-order chi connectivity index (χ0) is 24.0. The molecule has 0 atom stereocenters. The van der Waals surface area contributed by atoms with Crippen molar-refractivity contribution < 1.29 is 9.53 Å². The third-order valence-electron chi connectivity index (χ3n) is 6.55. The maximum absolute atomic E-state index is 13.8. The highest BCUT2D eigenvalue weighted by molar-refractivity contribution is 7.22. The summed E-state index contributed by atoms with van der Waals surface area (Å²) >= 11 is 1.60. The Morgan fingerprint density at radius 2 is 1.71 bits per heavy atom. The first kappa shape index (κ1) is 23.7. The summed E-state index contributed by atoms with van der Waals surface area (Å²) in [6.07, 6.45) is 1.82. The van der Waals surface area contributed by atoms with E-state index in [-0.39, 0.29) is 5.91 Å². The number of rotatable bonds is 8. The minimum atomic E-state index is 0.00342. The van der Waals surface area contributed by atoms with Crippen LogP contribution in [0.25, 0.3) is 21.3 Å². The van der Waals surface area contributed by atoms with E-state index in [0.29, 0.717) is 12.1 Å². The molecule has 0 radical (unpaired) electrons. The summed E-state index contributed by atoms with van der Waals surface area (Å²) < 4.78 is 6.60. The average Bonchev–Trinajstić information content (AvgIpc) is 3.36. The van der Waals surface area contributed by atoms with E-state index in [0.717, 1.165) is 72.2 Å². The van der Waals surface area contributed by atoms with Gasteiger partial charge in [-0.05, 0) is 47.7 Å². The van der Waals surface area contributed by atoms with Gasteiger partial charge in [0.25, 0.3) is 5.91 Å². The summed E-state index contributed by atoms with van der Waals surface area (Å²) in [6, 6.07) is 24.5. The molecule has 1 amide bonds. The van der Waals surface area contributed by atoms with Crippen molar-refractivity contribution in [3.05, 3.63) is 83.9 Å². The van der Waals surface area contributed by atoms with Crippen molar-refractivity contribution in [3.8, 4) is 11.1 Å². The number of nitrogens with zero attached hydrogens (tertiary/aromatic N) is 3. The van der Waals surface area contributed by atoms with Crippen molar-refractivity contribution in [1.29, 1.82) is 0 Å². The van der Waals surface area contributed by atoms with Gasteiger partial charge in [0.2, 0.25) is 0 Å². The van der Waals surface area contributed by atoms with Crippen LogP contribution in [0.2, 0.25) is 0 Å². The molecule has 1 aliphatic rings. The second-order valence-corrected chi connectivity index (χ2v) is 9.83. The van der Waals surface area contributed by atoms with Gasteiger partial charge in [0.05, 0.1) is 23.4 Å². The number of benzene rings is 3. The number of hydrogen-bond acceptors (Lipinski definition) is 5. The third-order valence-corrected chi connectivity index (χ3v) is 7.59. The van der Waals surface area contributed by atoms with Crippen molar-refractivity contribution in [3.63, 3.8) is 0 Å². The molecule has 0 unspecified atom stereocenters. The molecule has 0 bridgehead atoms. The number of carbonyl (C=O) groups excluding carboxylic acids is 1. The summed E-state index contributed by atoms with van der Waals surface area (Å²) in [5, 5.41) is 0.778. The van der Waals surface area contributed by atoms with Gasteiger partial charge in [0, 0.05) is 31.7 Å². The summed E-state index contributed by atoms with van der Waals surface area (Å²) in [5.74, 6) is 0.00342. The fraction of sp³-hybridized carbons (Fsp3) is 0.310. The van der Waals surface area contributed by atoms with Crippen LogP contribution in [-0.4, -0.2) is 55.2 Å². The number of aromatic nitrogens is 1. The van der Waals surface area contributed by atoms with E-state index in [9.17, 15) is 4.79 Å². The van der Waals surface area contributed by atoms with Gasteiger partial charge in [-0.3, -0.25) is 14.6 Å². The normalized spacial score (nSPS) is 14.3. The van der Waals surface area contributed by atoms with Crippen molar-refractivity contribution in [2.75, 3.05) is 44.3 Å². The number of amides is 1. The summed E-state index contributed by atoms with van der Waals surface area (Å²) in [4.78, 5) is 23.0. The highest BCUT2D eigenvalue weighted by atomic mass is 32.1. The Kier molecular flexibility index (Phi) is 7.52. The standard InChI is InChI=1S/C29H31N3O2S/c1-2-22-10-6-11-26-27(22)30-29(35-26)32(17-7-16-31-18-20-34-21-19-31)28(33)25-14-12-24(13-15-25)23-8-4-3-5-9-23/h3-6,8-15H,2,7,16-21H2,1H3. The number of para-hydroxylation sites is 1. The Labute approximate surface area is 211 Å². The fourth-order valence-corrected chi connectivity index (χ4v) is 5.59. The van der Waals surface area contributed by atoms with Crippen LogP contribution in [-0.2, 0) is 11.2 Å². The van der Waals surface area contributed by atoms with Crippen LogP contribution in [0, 0.1) is 0 Å². The molecule has 1 saturated heterocycles. The lowest BCUT2D eigenvalue weighted by Crippen LogP contribution is -2.39. The molecule has 2 heterocycles. The summed E-state index contributed by atoms with van der Waals surface area (Å²) in [7, 11) is 0. The number of thiazole rings is 1. The Balaban J connectivity index is 1.40. The molecule has 5 rings (SSSR count). The molecule has 0 spiro atoms. The van der Waals surface area contributed by atoms with Gasteiger partial charge in [-0.1, -0.05) is 72.9 Å². The largest absolute Gasteiger partial charge is 0.379 e. The van der Waals surface area contributed by atoms with Gasteiger partial charge in [0.1, 0.15) is 0 Å². The van der Waals surface area contributed by atoms with Crippen LogP contribution in [0.4, 0.5) is 5.13 Å². The number of fused-ring (bicyclic) bond motifs is 1. The van der Waals surface area contributed by atoms with E-state index in [1.165, 1.54) is 5.56 Å². The number of hydrogen-bond donors (Lipinski definition) is 0. The SMILES string of the molecule is CCc1cccc2sc(N(CCCN3CCOCC3)C(=O)c3ccc(-c4ccccc4)cc3)nc12. The molecule has 180 valence electrons. The number of aryl methyl sites for hydroxylation is 1. The zero-order valence-electron chi connectivity index (χ0n) is 20.2. The Bertz CT molecular complexity index is 1260. The molecule has 0 aliphatic carbocycles. The van der Waals surface area contributed by atoms with Crippen LogP contribution in [0.1, 0.15) is 29.3 Å². The first-order valence-corrected chi connectivity index (χ1v) is 13.2. The number of ether oxygens (including phenoxy) is 1. The molecular weight excluding hydrogens is 454 g/mol. The molecule has 1 aromatic heterocycles. The van der Waals surface area contributed by atoms with Crippen LogP contribution in [0.5, 0.6) is 0 Å². The van der Waals surface area contributed by atoms with Crippen LogP contribution < -0.4 is 4.90 Å². The highest BCUT2D eigenvalue weighted by Gasteiger charge is 2.22. The van der Waals surface area contributed by atoms with Gasteiger partial charge in [-0.25, -0.2) is 4.98 Å². The Morgan fingerprint density at radius 3 is 2.46 bits per heavy atom. The molecule has 35 heavy (non-hydrogen) atoms. The predicted octanol–water partition coefficient (Wildman–Crippen LogP) is 5.89. The molecule has 1 fully saturated rings. The molecule has 3 aromatic carbocycles. The number of morpholine rings is 1. The van der Waals surface area contributed by atoms with Gasteiger partial charge >= 0.3 is 0 Å². The molecule has 0 saturated carbocycles. The summed E-state index contributed by atoms with van der Waals surface area (Å²) in [5.41, 5.74) is 5.17.